The standard InChI is InChI=1S/C24H28N2O3S/c1-3-29-23(28)18(2)30-24-25-16-21(17-27)26(24)15-14-22(19-10-6-4-7-11-19)20-12-8-5-9-13-20/h4-13,16,18,22,27H,3,14-15,17H2,1-2H3. The molecule has 158 valence electrons. The van der Waals surface area contributed by atoms with Gasteiger partial charge in [-0.05, 0) is 31.4 Å². The molecule has 0 aliphatic rings. The molecule has 0 bridgehead atoms. The topological polar surface area (TPSA) is 64.3 Å². The van der Waals surface area contributed by atoms with Gasteiger partial charge in [-0.25, -0.2) is 4.98 Å². The Morgan fingerprint density at radius 2 is 1.70 bits per heavy atom. The molecule has 0 aliphatic heterocycles. The van der Waals surface area contributed by atoms with E-state index < -0.39 is 0 Å². The minimum Gasteiger partial charge on any atom is -0.465 e. The quantitative estimate of drug-likeness (QED) is 0.379. The van der Waals surface area contributed by atoms with Crippen LogP contribution < -0.4 is 0 Å². The van der Waals surface area contributed by atoms with E-state index in [0.717, 1.165) is 17.3 Å². The number of aromatic nitrogens is 2. The summed E-state index contributed by atoms with van der Waals surface area (Å²) >= 11 is 1.36. The first-order valence-electron chi connectivity index (χ1n) is 10.2. The van der Waals surface area contributed by atoms with E-state index in [1.54, 1.807) is 13.1 Å². The van der Waals surface area contributed by atoms with Gasteiger partial charge in [-0.1, -0.05) is 72.4 Å². The molecule has 1 unspecified atom stereocenters. The molecule has 0 saturated carbocycles. The molecule has 3 aromatic rings. The number of imidazole rings is 1. The fraction of sp³-hybridized carbons (Fsp3) is 0.333. The molecule has 0 fully saturated rings. The van der Waals surface area contributed by atoms with Crippen LogP contribution in [-0.2, 0) is 22.7 Å². The van der Waals surface area contributed by atoms with Crippen LogP contribution in [0.4, 0.5) is 0 Å². The number of benzene rings is 2. The number of carbonyl (C=O) groups excluding carboxylic acids is 1. The van der Waals surface area contributed by atoms with Crippen LogP contribution >= 0.6 is 11.8 Å². The van der Waals surface area contributed by atoms with E-state index in [-0.39, 0.29) is 23.7 Å². The summed E-state index contributed by atoms with van der Waals surface area (Å²) in [5.74, 6) is -0.0317. The van der Waals surface area contributed by atoms with E-state index >= 15 is 0 Å². The number of esters is 1. The van der Waals surface area contributed by atoms with Gasteiger partial charge in [0.15, 0.2) is 5.16 Å². The normalized spacial score (nSPS) is 12.1. The first-order valence-corrected chi connectivity index (χ1v) is 11.1. The van der Waals surface area contributed by atoms with Crippen molar-refractivity contribution in [1.82, 2.24) is 9.55 Å². The van der Waals surface area contributed by atoms with Crippen molar-refractivity contribution in [2.24, 2.45) is 0 Å². The molecule has 2 aromatic carbocycles. The molecule has 3 rings (SSSR count). The van der Waals surface area contributed by atoms with Crippen LogP contribution in [0, 0.1) is 0 Å². The summed E-state index contributed by atoms with van der Waals surface area (Å²) in [6, 6.07) is 20.9. The summed E-state index contributed by atoms with van der Waals surface area (Å²) in [6.45, 7) is 4.56. The van der Waals surface area contributed by atoms with Crippen LogP contribution in [-0.4, -0.2) is 32.5 Å². The minimum absolute atomic E-state index is 0.0946. The highest BCUT2D eigenvalue weighted by molar-refractivity contribution is 8.00. The number of nitrogens with zero attached hydrogens (tertiary/aromatic N) is 2. The number of aliphatic hydroxyl groups is 1. The highest BCUT2D eigenvalue weighted by Crippen LogP contribution is 2.31. The Kier molecular flexibility index (Phi) is 8.11. The lowest BCUT2D eigenvalue weighted by Gasteiger charge is -2.20. The Labute approximate surface area is 182 Å². The number of carbonyl (C=O) groups is 1. The molecular weight excluding hydrogens is 396 g/mol. The van der Waals surface area contributed by atoms with E-state index in [2.05, 4.69) is 53.5 Å². The Hall–Kier alpha value is -2.57. The van der Waals surface area contributed by atoms with E-state index in [1.807, 2.05) is 23.6 Å². The van der Waals surface area contributed by atoms with Gasteiger partial charge in [0.25, 0.3) is 0 Å². The molecule has 0 radical (unpaired) electrons. The number of hydrogen-bond acceptors (Lipinski definition) is 5. The fourth-order valence-corrected chi connectivity index (χ4v) is 4.40. The fourth-order valence-electron chi connectivity index (χ4n) is 3.47. The van der Waals surface area contributed by atoms with Crippen LogP contribution in [0.2, 0.25) is 0 Å². The minimum atomic E-state index is -0.364. The number of aliphatic hydroxyl groups excluding tert-OH is 1. The summed E-state index contributed by atoms with van der Waals surface area (Å²) in [5, 5.41) is 10.2. The van der Waals surface area contributed by atoms with Crippen molar-refractivity contribution in [2.75, 3.05) is 6.61 Å². The highest BCUT2D eigenvalue weighted by Gasteiger charge is 2.21. The van der Waals surface area contributed by atoms with E-state index in [0.29, 0.717) is 13.2 Å². The summed E-state index contributed by atoms with van der Waals surface area (Å²) in [6.07, 6.45) is 2.53. The molecule has 0 aliphatic carbocycles. The van der Waals surface area contributed by atoms with Crippen LogP contribution in [0.5, 0.6) is 0 Å². The van der Waals surface area contributed by atoms with Crippen molar-refractivity contribution in [1.29, 1.82) is 0 Å². The second-order valence-corrected chi connectivity index (χ2v) is 8.32. The second-order valence-electron chi connectivity index (χ2n) is 7.02. The van der Waals surface area contributed by atoms with Crippen LogP contribution in [0.15, 0.2) is 72.0 Å². The van der Waals surface area contributed by atoms with Crippen LogP contribution in [0.3, 0.4) is 0 Å². The maximum Gasteiger partial charge on any atom is 0.319 e. The van der Waals surface area contributed by atoms with E-state index in [9.17, 15) is 9.90 Å². The van der Waals surface area contributed by atoms with Crippen molar-refractivity contribution in [3.63, 3.8) is 0 Å². The van der Waals surface area contributed by atoms with Gasteiger partial charge in [-0.15, -0.1) is 0 Å². The lowest BCUT2D eigenvalue weighted by molar-refractivity contribution is -0.142. The first kappa shape index (κ1) is 22.1. The molecule has 1 N–H and O–H groups in total. The third kappa shape index (κ3) is 5.52. The van der Waals surface area contributed by atoms with Crippen molar-refractivity contribution in [2.45, 2.75) is 49.7 Å². The summed E-state index contributed by atoms with van der Waals surface area (Å²) < 4.78 is 7.13. The van der Waals surface area contributed by atoms with Gasteiger partial charge in [0.2, 0.25) is 0 Å². The van der Waals surface area contributed by atoms with Gasteiger partial charge in [0.05, 0.1) is 25.1 Å². The second kappa shape index (κ2) is 11.0. The predicted molar refractivity (Wildman–Crippen MR) is 119 cm³/mol. The molecule has 0 spiro atoms. The smallest absolute Gasteiger partial charge is 0.319 e. The van der Waals surface area contributed by atoms with Gasteiger partial charge in [0.1, 0.15) is 5.25 Å². The predicted octanol–water partition coefficient (Wildman–Crippen LogP) is 4.64. The van der Waals surface area contributed by atoms with Gasteiger partial charge < -0.3 is 14.4 Å². The average molecular weight is 425 g/mol. The third-order valence-electron chi connectivity index (χ3n) is 5.01. The van der Waals surface area contributed by atoms with Gasteiger partial charge in [-0.3, -0.25) is 4.79 Å². The molecule has 30 heavy (non-hydrogen) atoms. The monoisotopic (exact) mass is 424 g/mol. The number of hydrogen-bond donors (Lipinski definition) is 1. The highest BCUT2D eigenvalue weighted by atomic mass is 32.2. The zero-order valence-electron chi connectivity index (χ0n) is 17.4. The largest absolute Gasteiger partial charge is 0.465 e. The molecule has 0 amide bonds. The lowest BCUT2D eigenvalue weighted by atomic mass is 9.88. The molecule has 6 heteroatoms. The SMILES string of the molecule is CCOC(=O)C(C)Sc1ncc(CO)n1CCC(c1ccccc1)c1ccccc1. The Balaban J connectivity index is 1.82. The van der Waals surface area contributed by atoms with Crippen molar-refractivity contribution in [3.8, 4) is 0 Å². The zero-order valence-corrected chi connectivity index (χ0v) is 18.2. The molecular formula is C24H28N2O3S. The van der Waals surface area contributed by atoms with Crippen LogP contribution in [0.25, 0.3) is 0 Å². The summed E-state index contributed by atoms with van der Waals surface area (Å²) in [5.41, 5.74) is 3.25. The summed E-state index contributed by atoms with van der Waals surface area (Å²) in [7, 11) is 0. The van der Waals surface area contributed by atoms with Gasteiger partial charge >= 0.3 is 5.97 Å². The number of ether oxygens (including phenoxy) is 1. The molecule has 0 saturated heterocycles. The average Bonchev–Trinajstić information content (AvgIpc) is 3.17. The Morgan fingerprint density at radius 1 is 1.10 bits per heavy atom. The first-order chi connectivity index (χ1) is 14.6. The molecule has 1 aromatic heterocycles. The number of thioether (sulfide) groups is 1. The van der Waals surface area contributed by atoms with Gasteiger partial charge in [0, 0.05) is 12.5 Å². The lowest BCUT2D eigenvalue weighted by Crippen LogP contribution is -2.18. The Bertz CT molecular complexity index is 889. The van der Waals surface area contributed by atoms with Crippen molar-refractivity contribution in [3.05, 3.63) is 83.7 Å². The molecule has 1 heterocycles. The Morgan fingerprint density at radius 3 is 2.23 bits per heavy atom. The maximum absolute atomic E-state index is 12.0. The maximum atomic E-state index is 12.0. The zero-order chi connectivity index (χ0) is 21.3. The van der Waals surface area contributed by atoms with Gasteiger partial charge in [-0.2, -0.15) is 0 Å². The number of rotatable bonds is 10. The van der Waals surface area contributed by atoms with Crippen LogP contribution in [0.1, 0.15) is 43.0 Å². The van der Waals surface area contributed by atoms with E-state index in [1.165, 1.54) is 22.9 Å². The van der Waals surface area contributed by atoms with Crippen molar-refractivity contribution >= 4 is 17.7 Å². The molecule has 5 nitrogen and oxygen atoms in total. The van der Waals surface area contributed by atoms with E-state index in [4.69, 9.17) is 4.74 Å². The summed E-state index contributed by atoms with van der Waals surface area (Å²) in [4.78, 5) is 16.5. The van der Waals surface area contributed by atoms with Crippen molar-refractivity contribution < 1.29 is 14.6 Å². The third-order valence-corrected chi connectivity index (χ3v) is 6.09. The molecule has 1 atom stereocenters.